The van der Waals surface area contributed by atoms with Gasteiger partial charge in [0.05, 0.1) is 6.04 Å². The second-order valence-corrected chi connectivity index (χ2v) is 25.5. The molecule has 6 atom stereocenters. The number of rotatable bonds is 14. The fourth-order valence-electron chi connectivity index (χ4n) is 9.15. The first kappa shape index (κ1) is 54.0. The van der Waals surface area contributed by atoms with Crippen LogP contribution in [0.4, 0.5) is 4.79 Å². The van der Waals surface area contributed by atoms with Crippen LogP contribution in [0.3, 0.4) is 0 Å². The molecule has 64 heavy (non-hydrogen) atoms. The Kier molecular flexibility index (Phi) is 18.9. The summed E-state index contributed by atoms with van der Waals surface area (Å²) in [6.45, 7) is 20.1. The van der Waals surface area contributed by atoms with Crippen molar-refractivity contribution >= 4 is 59.7 Å². The fourth-order valence-corrected chi connectivity index (χ4v) is 11.6. The van der Waals surface area contributed by atoms with E-state index in [9.17, 15) is 40.8 Å². The summed E-state index contributed by atoms with van der Waals surface area (Å²) in [5, 5.41) is 11.8. The topological polar surface area (TPSA) is 250 Å². The Balaban J connectivity index is 0.000000466. The number of hydrogen-bond acceptors (Lipinski definition) is 10. The predicted octanol–water partition coefficient (Wildman–Crippen LogP) is 2.97. The van der Waals surface area contributed by atoms with Crippen LogP contribution in [0, 0.1) is 34.0 Å². The van der Waals surface area contributed by atoms with Crippen LogP contribution in [0.2, 0.25) is 0 Å². The van der Waals surface area contributed by atoms with Crippen LogP contribution in [0.15, 0.2) is 0 Å². The second kappa shape index (κ2) is 22.5. The highest BCUT2D eigenvalue weighted by atomic mass is 35.7. The summed E-state index contributed by atoms with van der Waals surface area (Å²) >= 11 is 0. The highest BCUT2D eigenvalue weighted by Gasteiger charge is 2.70. The molecule has 368 valence electrons. The number of primary amides is 1. The Hall–Kier alpha value is -2.62. The first-order valence-electron chi connectivity index (χ1n) is 23.3. The van der Waals surface area contributed by atoms with Crippen molar-refractivity contribution in [3.8, 4) is 0 Å². The highest BCUT2D eigenvalue weighted by Crippen LogP contribution is 2.65. The average molecular weight is 965 g/mol. The molecule has 5 amide bonds. The number of halogens is 1. The van der Waals surface area contributed by atoms with Gasteiger partial charge in [-0.3, -0.25) is 19.2 Å². The Labute approximate surface area is 387 Å². The Morgan fingerprint density at radius 2 is 1.30 bits per heavy atom. The van der Waals surface area contributed by atoms with Gasteiger partial charge in [-0.15, -0.1) is 0 Å². The molecule has 6 fully saturated rings. The number of carbonyl (C=O) groups excluding carboxylic acids is 5. The molecule has 6 aliphatic rings. The zero-order chi connectivity index (χ0) is 47.8. The molecule has 4 aliphatic heterocycles. The van der Waals surface area contributed by atoms with E-state index in [1.54, 1.807) is 0 Å². The maximum absolute atomic E-state index is 14.3. The van der Waals surface area contributed by atoms with Crippen LogP contribution >= 0.6 is 10.7 Å². The molecule has 0 aromatic carbocycles. The van der Waals surface area contributed by atoms with E-state index in [0.717, 1.165) is 51.4 Å². The molecule has 1 unspecified atom stereocenters. The zero-order valence-electron chi connectivity index (χ0n) is 39.5. The number of Topliss-reactive ketones (excluding diaryl/α,β-unsaturated/α-hetero) is 1. The molecule has 0 bridgehead atoms. The third kappa shape index (κ3) is 15.5. The fraction of sp³-hybridized carbons (Fsp3) is 0.884. The number of likely N-dealkylation sites (tertiary alicyclic amines) is 1. The van der Waals surface area contributed by atoms with Crippen LogP contribution in [-0.2, 0) is 38.6 Å². The minimum absolute atomic E-state index is 0.0389. The summed E-state index contributed by atoms with van der Waals surface area (Å²) in [4.78, 5) is 67.6. The van der Waals surface area contributed by atoms with E-state index in [-0.39, 0.29) is 29.7 Å². The van der Waals surface area contributed by atoms with Crippen LogP contribution < -0.4 is 31.7 Å². The first-order valence-corrected chi connectivity index (χ1v) is 27.0. The minimum atomic E-state index is -3.73. The van der Waals surface area contributed by atoms with Gasteiger partial charge in [0.1, 0.15) is 12.1 Å². The van der Waals surface area contributed by atoms with Crippen molar-refractivity contribution in [2.45, 2.75) is 157 Å². The van der Waals surface area contributed by atoms with Gasteiger partial charge in [0, 0.05) is 56.0 Å². The number of ketones is 1. The van der Waals surface area contributed by atoms with Crippen LogP contribution in [0.5, 0.6) is 0 Å². The molecule has 0 aromatic rings. The number of urea groups is 1. The van der Waals surface area contributed by atoms with Gasteiger partial charge in [0.25, 0.3) is 25.4 Å². The standard InChI is InChI=1S/C33H57N7O7S.C5H10ClNO2S.C5H11N/c1-31(2,3)22(17-35-48(46,47)39-14-10-9-11-15-39)37-30(45)38-26(32(4,5)6)29(44)40-18-20-23(33(20,7)8)24(40)28(43)36-21(16-19-12-13-19)25(41)27(34)42;6-10(8,9)7-4-2-1-3-5-7;1-2-4-6-5-3-1/h19-24,26,35H,9-18H2,1-8H3,(H2,34,42)(H,36,43)(H2,37,38,45);1-5H2;6H,1-5H2/t20-,21?,22+,23-,24-,26+;;/m0../s1. The van der Waals surface area contributed by atoms with Crippen molar-refractivity contribution in [3.05, 3.63) is 0 Å². The van der Waals surface area contributed by atoms with Crippen LogP contribution in [0.1, 0.15) is 132 Å². The molecule has 0 aromatic heterocycles. The van der Waals surface area contributed by atoms with E-state index < -0.39 is 84.0 Å². The molecule has 2 saturated carbocycles. The molecule has 6 rings (SSSR count). The average Bonchev–Trinajstić information content (AvgIpc) is 4.09. The molecule has 7 N–H and O–H groups in total. The van der Waals surface area contributed by atoms with Gasteiger partial charge in [0.2, 0.25) is 17.6 Å². The maximum Gasteiger partial charge on any atom is 0.315 e. The van der Waals surface area contributed by atoms with Gasteiger partial charge in [-0.05, 0) is 92.0 Å². The Morgan fingerprint density at radius 1 is 0.766 bits per heavy atom. The van der Waals surface area contributed by atoms with Crippen LogP contribution in [-0.4, -0.2) is 136 Å². The van der Waals surface area contributed by atoms with Crippen molar-refractivity contribution in [1.82, 2.24) is 39.5 Å². The number of piperidine rings is 4. The van der Waals surface area contributed by atoms with Gasteiger partial charge in [-0.2, -0.15) is 25.4 Å². The third-order valence-corrected chi connectivity index (χ3v) is 16.7. The Bertz CT molecular complexity index is 1840. The summed E-state index contributed by atoms with van der Waals surface area (Å²) in [6, 6.07) is -4.22. The van der Waals surface area contributed by atoms with Gasteiger partial charge in [-0.25, -0.2) is 9.52 Å². The van der Waals surface area contributed by atoms with E-state index in [0.29, 0.717) is 39.1 Å². The van der Waals surface area contributed by atoms with Crippen molar-refractivity contribution in [2.24, 2.45) is 39.7 Å². The number of hydrogen-bond donors (Lipinski definition) is 6. The lowest BCUT2D eigenvalue weighted by Gasteiger charge is -2.38. The molecule has 2 aliphatic carbocycles. The van der Waals surface area contributed by atoms with Gasteiger partial charge in [-0.1, -0.05) is 87.5 Å². The monoisotopic (exact) mass is 964 g/mol. The summed E-state index contributed by atoms with van der Waals surface area (Å²) in [7, 11) is -2.04. The Morgan fingerprint density at radius 3 is 1.72 bits per heavy atom. The maximum atomic E-state index is 14.3. The predicted molar refractivity (Wildman–Crippen MR) is 247 cm³/mol. The van der Waals surface area contributed by atoms with Crippen molar-refractivity contribution in [2.75, 3.05) is 52.4 Å². The number of nitrogens with one attached hydrogen (secondary N) is 5. The summed E-state index contributed by atoms with van der Waals surface area (Å²) < 4.78 is 52.7. The van der Waals surface area contributed by atoms with E-state index in [1.807, 2.05) is 55.4 Å². The third-order valence-electron chi connectivity index (χ3n) is 13.6. The van der Waals surface area contributed by atoms with Crippen molar-refractivity contribution < 1.29 is 40.8 Å². The molecule has 0 radical (unpaired) electrons. The number of nitrogens with zero attached hydrogens (tertiary/aromatic N) is 3. The lowest BCUT2D eigenvalue weighted by atomic mass is 9.85. The smallest absolute Gasteiger partial charge is 0.315 e. The number of amides is 5. The van der Waals surface area contributed by atoms with E-state index in [4.69, 9.17) is 16.4 Å². The van der Waals surface area contributed by atoms with Crippen LogP contribution in [0.25, 0.3) is 0 Å². The van der Waals surface area contributed by atoms with Gasteiger partial charge < -0.3 is 31.9 Å². The quantitative estimate of drug-likeness (QED) is 0.110. The van der Waals surface area contributed by atoms with Gasteiger partial charge in [0.15, 0.2) is 0 Å². The summed E-state index contributed by atoms with van der Waals surface area (Å²) in [5.41, 5.74) is 3.80. The second-order valence-electron chi connectivity index (χ2n) is 21.2. The molecular formula is C43H78ClN9O9S2. The van der Waals surface area contributed by atoms with Crippen molar-refractivity contribution in [3.63, 3.8) is 0 Å². The first-order chi connectivity index (χ1) is 29.7. The molecule has 21 heteroatoms. The number of carbonyl (C=O) groups is 5. The van der Waals surface area contributed by atoms with Gasteiger partial charge >= 0.3 is 6.03 Å². The van der Waals surface area contributed by atoms with E-state index >= 15 is 0 Å². The SMILES string of the molecule is C1CCNCC1.CC(C)(C)[C@H](NC(=O)N[C@H](CNS(=O)(=O)N1CCCCC1)C(C)(C)C)C(=O)N1C[C@H]2[C@@H]([C@H]1C(=O)NC(CC1CC1)C(=O)C(N)=O)C2(C)C.O=S(=O)(Cl)N1CCCCC1. The lowest BCUT2D eigenvalue weighted by molar-refractivity contribution is -0.145. The number of fused-ring (bicyclic) bond motifs is 1. The molecular weight excluding hydrogens is 886 g/mol. The highest BCUT2D eigenvalue weighted by molar-refractivity contribution is 8.11. The number of nitrogens with two attached hydrogens (primary N) is 1. The summed E-state index contributed by atoms with van der Waals surface area (Å²) in [5.74, 6) is -2.77. The van der Waals surface area contributed by atoms with E-state index in [1.165, 1.54) is 45.9 Å². The molecule has 0 spiro atoms. The van der Waals surface area contributed by atoms with E-state index in [2.05, 4.69) is 26.0 Å². The normalized spacial score (nSPS) is 25.4. The lowest BCUT2D eigenvalue weighted by Crippen LogP contribution is -2.63. The zero-order valence-corrected chi connectivity index (χ0v) is 41.9. The molecule has 4 saturated heterocycles. The summed E-state index contributed by atoms with van der Waals surface area (Å²) in [6.07, 6.45) is 11.9. The van der Waals surface area contributed by atoms with Crippen molar-refractivity contribution in [1.29, 1.82) is 0 Å². The molecule has 4 heterocycles. The largest absolute Gasteiger partial charge is 0.363 e. The minimum Gasteiger partial charge on any atom is -0.363 e. The molecule has 18 nitrogen and oxygen atoms in total.